The largest absolute Gasteiger partial charge is 0.497 e. The third kappa shape index (κ3) is 2.12. The summed E-state index contributed by atoms with van der Waals surface area (Å²) in [5.41, 5.74) is 1.10. The van der Waals surface area contributed by atoms with Gasteiger partial charge in [-0.3, -0.25) is 4.79 Å². The molecule has 0 N–H and O–H groups in total. The first-order valence-electron chi connectivity index (χ1n) is 5.97. The maximum atomic E-state index is 10.6. The van der Waals surface area contributed by atoms with E-state index in [1.807, 2.05) is 36.5 Å². The maximum absolute atomic E-state index is 10.6. The summed E-state index contributed by atoms with van der Waals surface area (Å²) in [6.07, 6.45) is 2.70. The van der Waals surface area contributed by atoms with Gasteiger partial charge in [0.15, 0.2) is 12.0 Å². The highest BCUT2D eigenvalue weighted by Gasteiger charge is 2.06. The number of methoxy groups -OCH3 is 1. The first-order chi connectivity index (χ1) is 9.30. The molecule has 0 fully saturated rings. The van der Waals surface area contributed by atoms with Gasteiger partial charge in [-0.15, -0.1) is 0 Å². The molecule has 2 aromatic heterocycles. The number of aldehydes is 1. The molecule has 0 radical (unpaired) electrons. The number of carbonyl (C=O) groups is 1. The highest BCUT2D eigenvalue weighted by molar-refractivity contribution is 5.81. The highest BCUT2D eigenvalue weighted by Crippen LogP contribution is 2.22. The number of furan rings is 1. The number of aromatic nitrogens is 1. The van der Waals surface area contributed by atoms with Gasteiger partial charge in [0.05, 0.1) is 13.7 Å². The van der Waals surface area contributed by atoms with E-state index >= 15 is 0 Å². The molecule has 3 aromatic rings. The van der Waals surface area contributed by atoms with Crippen molar-refractivity contribution in [2.45, 2.75) is 6.54 Å². The second kappa shape index (κ2) is 4.65. The van der Waals surface area contributed by atoms with Crippen LogP contribution in [0.15, 0.2) is 47.0 Å². The highest BCUT2D eigenvalue weighted by atomic mass is 16.5. The molecule has 1 aromatic carbocycles. The van der Waals surface area contributed by atoms with Gasteiger partial charge in [0.1, 0.15) is 11.5 Å². The summed E-state index contributed by atoms with van der Waals surface area (Å²) >= 11 is 0. The monoisotopic (exact) mass is 255 g/mol. The number of benzene rings is 1. The number of ether oxygens (including phenoxy) is 1. The number of nitrogens with zero attached hydrogens (tertiary/aromatic N) is 1. The molecule has 0 saturated carbocycles. The van der Waals surface area contributed by atoms with Crippen LogP contribution >= 0.6 is 0 Å². The van der Waals surface area contributed by atoms with Crippen molar-refractivity contribution in [2.24, 2.45) is 0 Å². The van der Waals surface area contributed by atoms with Gasteiger partial charge in [0.25, 0.3) is 0 Å². The summed E-state index contributed by atoms with van der Waals surface area (Å²) in [4.78, 5) is 10.6. The molecule has 96 valence electrons. The summed E-state index contributed by atoms with van der Waals surface area (Å²) in [7, 11) is 1.65. The van der Waals surface area contributed by atoms with Crippen molar-refractivity contribution in [3.05, 3.63) is 54.1 Å². The Bertz CT molecular complexity index is 724. The molecule has 0 amide bonds. The number of carbonyl (C=O) groups excluding carboxylic acids is 1. The molecule has 0 saturated heterocycles. The van der Waals surface area contributed by atoms with Gasteiger partial charge in [0.2, 0.25) is 0 Å². The van der Waals surface area contributed by atoms with Crippen molar-refractivity contribution < 1.29 is 13.9 Å². The predicted octanol–water partition coefficient (Wildman–Crippen LogP) is 3.10. The second-order valence-corrected chi connectivity index (χ2v) is 4.29. The van der Waals surface area contributed by atoms with Crippen LogP contribution < -0.4 is 4.74 Å². The average Bonchev–Trinajstić information content (AvgIpc) is 3.06. The van der Waals surface area contributed by atoms with Gasteiger partial charge in [-0.05, 0) is 36.4 Å². The molecule has 0 aliphatic carbocycles. The second-order valence-electron chi connectivity index (χ2n) is 4.29. The maximum Gasteiger partial charge on any atom is 0.185 e. The van der Waals surface area contributed by atoms with Gasteiger partial charge in [-0.2, -0.15) is 0 Å². The molecule has 0 bridgehead atoms. The van der Waals surface area contributed by atoms with Crippen LogP contribution in [-0.4, -0.2) is 18.0 Å². The SMILES string of the molecule is COc1ccc2c(ccn2Cc2ccc(C=O)o2)c1. The fourth-order valence-corrected chi connectivity index (χ4v) is 2.15. The van der Waals surface area contributed by atoms with Crippen molar-refractivity contribution in [1.82, 2.24) is 4.57 Å². The quantitative estimate of drug-likeness (QED) is 0.673. The van der Waals surface area contributed by atoms with Gasteiger partial charge < -0.3 is 13.7 Å². The molecule has 0 aliphatic rings. The summed E-state index contributed by atoms with van der Waals surface area (Å²) in [5.74, 6) is 1.95. The Labute approximate surface area is 110 Å². The average molecular weight is 255 g/mol. The van der Waals surface area contributed by atoms with Crippen molar-refractivity contribution in [1.29, 1.82) is 0 Å². The van der Waals surface area contributed by atoms with E-state index in [0.29, 0.717) is 18.6 Å². The van der Waals surface area contributed by atoms with Crippen molar-refractivity contribution in [3.63, 3.8) is 0 Å². The third-order valence-electron chi connectivity index (χ3n) is 3.10. The lowest BCUT2D eigenvalue weighted by Crippen LogP contribution is -1.96. The summed E-state index contributed by atoms with van der Waals surface area (Å²) in [6, 6.07) is 11.5. The predicted molar refractivity (Wildman–Crippen MR) is 71.7 cm³/mol. The lowest BCUT2D eigenvalue weighted by molar-refractivity contribution is 0.109. The normalized spacial score (nSPS) is 10.8. The Morgan fingerprint density at radius 1 is 1.26 bits per heavy atom. The van der Waals surface area contributed by atoms with Crippen LogP contribution in [0.2, 0.25) is 0 Å². The molecule has 0 atom stereocenters. The standard InChI is InChI=1S/C15H13NO3/c1-18-12-4-5-15-11(8-12)6-7-16(15)9-13-2-3-14(10-17)19-13/h2-8,10H,9H2,1H3. The topological polar surface area (TPSA) is 44.4 Å². The van der Waals surface area contributed by atoms with Gasteiger partial charge in [-0.1, -0.05) is 0 Å². The minimum atomic E-state index is 0.355. The molecule has 3 rings (SSSR count). The Hall–Kier alpha value is -2.49. The zero-order chi connectivity index (χ0) is 13.2. The van der Waals surface area contributed by atoms with E-state index in [0.717, 1.165) is 22.4 Å². The van der Waals surface area contributed by atoms with Crippen LogP contribution in [-0.2, 0) is 6.54 Å². The summed E-state index contributed by atoms with van der Waals surface area (Å²) in [5, 5.41) is 1.11. The summed E-state index contributed by atoms with van der Waals surface area (Å²) < 4.78 is 12.7. The fraction of sp³-hybridized carbons (Fsp3) is 0.133. The first kappa shape index (κ1) is 11.6. The van der Waals surface area contributed by atoms with Crippen LogP contribution in [0, 0.1) is 0 Å². The van der Waals surface area contributed by atoms with Crippen molar-refractivity contribution in [2.75, 3.05) is 7.11 Å². The van der Waals surface area contributed by atoms with Crippen LogP contribution in [0.3, 0.4) is 0 Å². The molecule has 4 heteroatoms. The minimum Gasteiger partial charge on any atom is -0.497 e. The fourth-order valence-electron chi connectivity index (χ4n) is 2.15. The molecular formula is C15H13NO3. The zero-order valence-electron chi connectivity index (χ0n) is 10.5. The minimum absolute atomic E-state index is 0.355. The van der Waals surface area contributed by atoms with E-state index < -0.39 is 0 Å². The lowest BCUT2D eigenvalue weighted by Gasteiger charge is -2.04. The molecule has 0 spiro atoms. The van der Waals surface area contributed by atoms with E-state index in [-0.39, 0.29) is 0 Å². The van der Waals surface area contributed by atoms with Crippen LogP contribution in [0.1, 0.15) is 16.3 Å². The summed E-state index contributed by atoms with van der Waals surface area (Å²) in [6.45, 7) is 0.601. The third-order valence-corrected chi connectivity index (χ3v) is 3.10. The number of hydrogen-bond donors (Lipinski definition) is 0. The van der Waals surface area contributed by atoms with E-state index in [9.17, 15) is 4.79 Å². The Kier molecular flexibility index (Phi) is 2.83. The van der Waals surface area contributed by atoms with E-state index in [4.69, 9.17) is 9.15 Å². The van der Waals surface area contributed by atoms with Crippen molar-refractivity contribution >= 4 is 17.2 Å². The van der Waals surface area contributed by atoms with Gasteiger partial charge >= 0.3 is 0 Å². The number of fused-ring (bicyclic) bond motifs is 1. The molecule has 2 heterocycles. The Balaban J connectivity index is 1.94. The number of hydrogen-bond acceptors (Lipinski definition) is 3. The Morgan fingerprint density at radius 2 is 2.16 bits per heavy atom. The smallest absolute Gasteiger partial charge is 0.185 e. The molecule has 4 nitrogen and oxygen atoms in total. The van der Waals surface area contributed by atoms with E-state index in [1.54, 1.807) is 13.2 Å². The van der Waals surface area contributed by atoms with Crippen LogP contribution in [0.25, 0.3) is 10.9 Å². The Morgan fingerprint density at radius 3 is 2.89 bits per heavy atom. The van der Waals surface area contributed by atoms with Crippen LogP contribution in [0.4, 0.5) is 0 Å². The lowest BCUT2D eigenvalue weighted by atomic mass is 10.2. The molecule has 0 aliphatic heterocycles. The van der Waals surface area contributed by atoms with Gasteiger partial charge in [-0.25, -0.2) is 0 Å². The first-order valence-corrected chi connectivity index (χ1v) is 5.97. The number of rotatable bonds is 4. The molecule has 0 unspecified atom stereocenters. The molecular weight excluding hydrogens is 242 g/mol. The van der Waals surface area contributed by atoms with Gasteiger partial charge in [0, 0.05) is 17.1 Å². The van der Waals surface area contributed by atoms with Crippen molar-refractivity contribution in [3.8, 4) is 5.75 Å². The molecule has 19 heavy (non-hydrogen) atoms. The van der Waals surface area contributed by atoms with E-state index in [2.05, 4.69) is 4.57 Å². The van der Waals surface area contributed by atoms with Crippen LogP contribution in [0.5, 0.6) is 5.75 Å². The zero-order valence-corrected chi connectivity index (χ0v) is 10.5. The van der Waals surface area contributed by atoms with E-state index in [1.165, 1.54) is 0 Å².